The van der Waals surface area contributed by atoms with Gasteiger partial charge in [0.25, 0.3) is 0 Å². The van der Waals surface area contributed by atoms with Crippen LogP contribution in [0.2, 0.25) is 0 Å². The van der Waals surface area contributed by atoms with Crippen LogP contribution >= 0.6 is 0 Å². The third-order valence-corrected chi connectivity index (χ3v) is 12.5. The van der Waals surface area contributed by atoms with Gasteiger partial charge in [0.15, 0.2) is 11.6 Å². The number of hydrogen-bond acceptors (Lipinski definition) is 5. The quantitative estimate of drug-likeness (QED) is 0.387. The number of amides is 1. The molecule has 0 spiro atoms. The molecule has 0 aliphatic heterocycles. The number of halogens is 3. The number of nitrogens with zero attached hydrogens (tertiary/aromatic N) is 1. The third-order valence-electron chi connectivity index (χ3n) is 12.5. The van der Waals surface area contributed by atoms with Gasteiger partial charge < -0.3 is 0 Å². The maximum atomic E-state index is 14.4. The van der Waals surface area contributed by atoms with Crippen molar-refractivity contribution in [2.45, 2.75) is 105 Å². The maximum Gasteiger partial charge on any atom is 0.472 e. The van der Waals surface area contributed by atoms with Gasteiger partial charge in [-0.3, -0.25) is 19.8 Å². The van der Waals surface area contributed by atoms with Gasteiger partial charge >= 0.3 is 12.1 Å². The number of nitriles is 1. The molecule has 1 amide bonds. The molecule has 5 aliphatic carbocycles. The van der Waals surface area contributed by atoms with Gasteiger partial charge in [0, 0.05) is 22.3 Å². The van der Waals surface area contributed by atoms with Crippen molar-refractivity contribution < 1.29 is 27.6 Å². The molecule has 0 aromatic carbocycles. The van der Waals surface area contributed by atoms with E-state index in [0.29, 0.717) is 25.7 Å². The minimum absolute atomic E-state index is 0.0424. The Morgan fingerprint density at radius 1 is 1.00 bits per heavy atom. The highest BCUT2D eigenvalue weighted by molar-refractivity contribution is 6.04. The number of alkyl halides is 3. The molecule has 3 saturated carbocycles. The number of carbonyl (C=O) groups is 3. The minimum atomic E-state index is -5.01. The standard InChI is InChI=1S/C32H42F3N3O3/c1-26(2)10-12-31(38-37-25(41)32(33,34)35)13-11-30(7)23(19(31)16-26)20(39)14-22-28(5)15-18(17-36)24(40)27(3,4)21(28)8-9-29(22,30)6/h14-15,19,21,23,38H,8-13,16H2,1-7H3,(H,37,41)/t19-,21-,23-,28-,29+,30+,31-/m0/s1. The molecule has 2 N–H and O–H groups in total. The molecule has 9 heteroatoms. The number of allylic oxidation sites excluding steroid dienone is 4. The summed E-state index contributed by atoms with van der Waals surface area (Å²) in [5.74, 6) is -3.02. The van der Waals surface area contributed by atoms with Gasteiger partial charge in [-0.15, -0.1) is 0 Å². The van der Waals surface area contributed by atoms with Crippen molar-refractivity contribution in [2.24, 2.45) is 44.8 Å². The smallest absolute Gasteiger partial charge is 0.295 e. The van der Waals surface area contributed by atoms with E-state index in [2.05, 4.69) is 46.1 Å². The molecule has 7 atom stereocenters. The predicted molar refractivity (Wildman–Crippen MR) is 147 cm³/mol. The number of Topliss-reactive ketones (excluding diaryl/α,β-unsaturated/α-hetero) is 1. The number of nitrogens with one attached hydrogen (secondary N) is 2. The lowest BCUT2D eigenvalue weighted by Gasteiger charge is -2.69. The van der Waals surface area contributed by atoms with Crippen molar-refractivity contribution in [3.8, 4) is 6.07 Å². The third kappa shape index (κ3) is 4.02. The molecule has 3 fully saturated rings. The van der Waals surface area contributed by atoms with Crippen LogP contribution in [0, 0.1) is 56.2 Å². The van der Waals surface area contributed by atoms with E-state index >= 15 is 0 Å². The van der Waals surface area contributed by atoms with E-state index in [1.54, 1.807) is 12.2 Å². The van der Waals surface area contributed by atoms with Gasteiger partial charge in [0.1, 0.15) is 6.07 Å². The van der Waals surface area contributed by atoms with Crippen molar-refractivity contribution >= 4 is 17.5 Å². The molecule has 5 aliphatic rings. The molecule has 0 unspecified atom stereocenters. The normalized spacial score (nSPS) is 42.8. The fourth-order valence-corrected chi connectivity index (χ4v) is 10.1. The second-order valence-electron chi connectivity index (χ2n) is 15.5. The van der Waals surface area contributed by atoms with E-state index in [1.807, 2.05) is 19.3 Å². The highest BCUT2D eigenvalue weighted by Crippen LogP contribution is 2.73. The van der Waals surface area contributed by atoms with E-state index < -0.39 is 45.2 Å². The molecule has 5 rings (SSSR count). The van der Waals surface area contributed by atoms with Crippen molar-refractivity contribution in [3.63, 3.8) is 0 Å². The number of fused-ring (bicyclic) bond motifs is 7. The van der Waals surface area contributed by atoms with E-state index in [9.17, 15) is 32.8 Å². The summed E-state index contributed by atoms with van der Waals surface area (Å²) < 4.78 is 39.4. The van der Waals surface area contributed by atoms with Gasteiger partial charge in [-0.1, -0.05) is 60.1 Å². The van der Waals surface area contributed by atoms with Crippen LogP contribution in [0.5, 0.6) is 0 Å². The molecule has 224 valence electrons. The van der Waals surface area contributed by atoms with Crippen LogP contribution in [0.1, 0.15) is 93.4 Å². The van der Waals surface area contributed by atoms with Gasteiger partial charge in [0.05, 0.1) is 5.57 Å². The number of hydrogen-bond donors (Lipinski definition) is 2. The highest BCUT2D eigenvalue weighted by atomic mass is 19.4. The Balaban J connectivity index is 1.62. The minimum Gasteiger partial charge on any atom is -0.295 e. The van der Waals surface area contributed by atoms with E-state index in [0.717, 1.165) is 24.8 Å². The summed E-state index contributed by atoms with van der Waals surface area (Å²) >= 11 is 0. The zero-order valence-electron chi connectivity index (χ0n) is 25.1. The Kier molecular flexibility index (Phi) is 6.42. The van der Waals surface area contributed by atoms with Gasteiger partial charge in [-0.25, -0.2) is 5.43 Å². The lowest BCUT2D eigenvalue weighted by atomic mass is 9.35. The lowest BCUT2D eigenvalue weighted by molar-refractivity contribution is -0.179. The first-order valence-electron chi connectivity index (χ1n) is 14.8. The molecule has 6 nitrogen and oxygen atoms in total. The number of carbonyl (C=O) groups excluding carboxylic acids is 3. The Morgan fingerprint density at radius 3 is 2.24 bits per heavy atom. The van der Waals surface area contributed by atoms with Crippen LogP contribution in [0.3, 0.4) is 0 Å². The molecule has 0 aromatic rings. The molecular weight excluding hydrogens is 531 g/mol. The number of ketones is 2. The fourth-order valence-electron chi connectivity index (χ4n) is 10.1. The second-order valence-corrected chi connectivity index (χ2v) is 15.5. The molecule has 0 heterocycles. The molecular formula is C32H42F3N3O3. The first kappa shape index (κ1) is 30.0. The van der Waals surface area contributed by atoms with Crippen molar-refractivity contribution in [1.82, 2.24) is 10.9 Å². The summed E-state index contributed by atoms with van der Waals surface area (Å²) in [5.41, 5.74) is 2.64. The summed E-state index contributed by atoms with van der Waals surface area (Å²) in [6.45, 7) is 14.5. The van der Waals surface area contributed by atoms with Gasteiger partial charge in [0.2, 0.25) is 0 Å². The summed E-state index contributed by atoms with van der Waals surface area (Å²) in [6.07, 6.45) is 3.17. The second kappa shape index (κ2) is 8.78. The van der Waals surface area contributed by atoms with Crippen LogP contribution < -0.4 is 10.9 Å². The first-order chi connectivity index (χ1) is 18.7. The van der Waals surface area contributed by atoms with Crippen molar-refractivity contribution in [2.75, 3.05) is 0 Å². The summed E-state index contributed by atoms with van der Waals surface area (Å²) in [7, 11) is 0. The summed E-state index contributed by atoms with van der Waals surface area (Å²) in [4.78, 5) is 39.4. The Morgan fingerprint density at radius 2 is 1.63 bits per heavy atom. The lowest BCUT2D eigenvalue weighted by Crippen LogP contribution is -2.71. The molecule has 0 aromatic heterocycles. The van der Waals surface area contributed by atoms with Crippen LogP contribution in [-0.2, 0) is 14.4 Å². The van der Waals surface area contributed by atoms with Crippen molar-refractivity contribution in [1.29, 1.82) is 5.26 Å². The summed E-state index contributed by atoms with van der Waals surface area (Å²) in [5, 5.41) is 9.86. The molecule has 41 heavy (non-hydrogen) atoms. The number of hydrazine groups is 1. The fraction of sp³-hybridized carbons (Fsp3) is 0.750. The molecule has 0 bridgehead atoms. The first-order valence-corrected chi connectivity index (χ1v) is 14.8. The predicted octanol–water partition coefficient (Wildman–Crippen LogP) is 6.14. The van der Waals surface area contributed by atoms with Crippen LogP contribution in [0.25, 0.3) is 0 Å². The highest BCUT2D eigenvalue weighted by Gasteiger charge is 2.70. The molecule has 0 saturated heterocycles. The largest absolute Gasteiger partial charge is 0.472 e. The van der Waals surface area contributed by atoms with Crippen LogP contribution in [0.15, 0.2) is 23.3 Å². The Hall–Kier alpha value is -2.47. The molecule has 0 radical (unpaired) electrons. The Bertz CT molecular complexity index is 1320. The topological polar surface area (TPSA) is 99.1 Å². The van der Waals surface area contributed by atoms with Crippen molar-refractivity contribution in [3.05, 3.63) is 23.3 Å². The zero-order valence-corrected chi connectivity index (χ0v) is 25.1. The average molecular weight is 574 g/mol. The van der Waals surface area contributed by atoms with E-state index in [-0.39, 0.29) is 34.4 Å². The van der Waals surface area contributed by atoms with E-state index in [1.165, 1.54) is 0 Å². The SMILES string of the molecule is CC1(C)CC[C@]2(NNC(=O)C(F)(F)F)CC[C@]3(C)[C@H](C(=O)C=C4[C@@]5(C)C=C(C#N)C(=O)C(C)(C)[C@@H]5CC[C@]43C)[C@@H]2C1. The Labute approximate surface area is 240 Å². The van der Waals surface area contributed by atoms with Gasteiger partial charge in [-0.05, 0) is 79.1 Å². The maximum absolute atomic E-state index is 14.4. The monoisotopic (exact) mass is 573 g/mol. The number of rotatable bonds is 2. The van der Waals surface area contributed by atoms with Gasteiger partial charge in [-0.2, -0.15) is 18.4 Å². The zero-order chi connectivity index (χ0) is 30.6. The summed E-state index contributed by atoms with van der Waals surface area (Å²) in [6, 6.07) is 2.11. The average Bonchev–Trinajstić information content (AvgIpc) is 2.86. The van der Waals surface area contributed by atoms with Crippen LogP contribution in [0.4, 0.5) is 13.2 Å². The van der Waals surface area contributed by atoms with E-state index in [4.69, 9.17) is 0 Å². The van der Waals surface area contributed by atoms with Crippen LogP contribution in [-0.4, -0.2) is 29.2 Å².